The van der Waals surface area contributed by atoms with E-state index in [-0.39, 0.29) is 0 Å². The highest BCUT2D eigenvalue weighted by atomic mass is 14.9. The number of anilines is 1. The van der Waals surface area contributed by atoms with Crippen LogP contribution in [0.4, 0.5) is 5.69 Å². The van der Waals surface area contributed by atoms with Crippen molar-refractivity contribution in [1.82, 2.24) is 4.98 Å². The lowest BCUT2D eigenvalue weighted by Crippen LogP contribution is -2.04. The second-order valence-electron chi connectivity index (χ2n) is 4.83. The first-order chi connectivity index (χ1) is 9.38. The summed E-state index contributed by atoms with van der Waals surface area (Å²) in [4.78, 5) is 4.03. The van der Waals surface area contributed by atoms with Crippen molar-refractivity contribution >= 4 is 5.69 Å². The van der Waals surface area contributed by atoms with Gasteiger partial charge in [-0.15, -0.1) is 0 Å². The van der Waals surface area contributed by atoms with E-state index in [0.29, 0.717) is 0 Å². The Hall–Kier alpha value is -1.83. The third-order valence-electron chi connectivity index (χ3n) is 3.27. The Labute approximate surface area is 115 Å². The summed E-state index contributed by atoms with van der Waals surface area (Å²) < 4.78 is 0. The second kappa shape index (κ2) is 7.57. The monoisotopic (exact) mass is 254 g/mol. The molecule has 2 nitrogen and oxygen atoms in total. The van der Waals surface area contributed by atoms with Gasteiger partial charge in [0.1, 0.15) is 0 Å². The molecule has 1 N–H and O–H groups in total. The van der Waals surface area contributed by atoms with Crippen molar-refractivity contribution in [1.29, 1.82) is 0 Å². The van der Waals surface area contributed by atoms with Crippen LogP contribution in [0.1, 0.15) is 30.9 Å². The first-order valence-electron chi connectivity index (χ1n) is 7.10. The van der Waals surface area contributed by atoms with Gasteiger partial charge in [0.2, 0.25) is 0 Å². The Morgan fingerprint density at radius 1 is 0.895 bits per heavy atom. The van der Waals surface area contributed by atoms with Crippen molar-refractivity contribution in [2.24, 2.45) is 0 Å². The fraction of sp³-hybridized carbons (Fsp3) is 0.353. The standard InChI is InChI=1S/C17H22N2/c1-2-3-4-15-5-7-17(8-6-15)19-14-11-16-9-12-18-13-10-16/h5-10,12-13,19H,2-4,11,14H2,1H3. The molecule has 0 aliphatic carbocycles. The van der Waals surface area contributed by atoms with Crippen LogP contribution in [-0.4, -0.2) is 11.5 Å². The molecule has 0 unspecified atom stereocenters. The quantitative estimate of drug-likeness (QED) is 0.805. The molecule has 0 aliphatic rings. The van der Waals surface area contributed by atoms with E-state index in [1.807, 2.05) is 12.4 Å². The van der Waals surface area contributed by atoms with Gasteiger partial charge < -0.3 is 5.32 Å². The summed E-state index contributed by atoms with van der Waals surface area (Å²) in [5, 5.41) is 3.46. The zero-order valence-corrected chi connectivity index (χ0v) is 11.6. The van der Waals surface area contributed by atoms with Gasteiger partial charge in [0.15, 0.2) is 0 Å². The fourth-order valence-corrected chi connectivity index (χ4v) is 2.07. The third kappa shape index (κ3) is 4.74. The number of nitrogens with one attached hydrogen (secondary N) is 1. The van der Waals surface area contributed by atoms with Crippen LogP contribution in [-0.2, 0) is 12.8 Å². The smallest absolute Gasteiger partial charge is 0.0340 e. The van der Waals surface area contributed by atoms with Gasteiger partial charge in [0, 0.05) is 24.6 Å². The summed E-state index contributed by atoms with van der Waals surface area (Å²) in [5.41, 5.74) is 3.96. The van der Waals surface area contributed by atoms with Crippen LogP contribution in [0.25, 0.3) is 0 Å². The second-order valence-corrected chi connectivity index (χ2v) is 4.83. The largest absolute Gasteiger partial charge is 0.385 e. The number of aromatic nitrogens is 1. The number of hydrogen-bond acceptors (Lipinski definition) is 2. The zero-order chi connectivity index (χ0) is 13.3. The van der Waals surface area contributed by atoms with Gasteiger partial charge in [-0.05, 0) is 54.7 Å². The predicted molar refractivity (Wildman–Crippen MR) is 81.5 cm³/mol. The van der Waals surface area contributed by atoms with Crippen LogP contribution in [0.15, 0.2) is 48.8 Å². The third-order valence-corrected chi connectivity index (χ3v) is 3.27. The summed E-state index contributed by atoms with van der Waals surface area (Å²) >= 11 is 0. The van der Waals surface area contributed by atoms with Gasteiger partial charge in [0.05, 0.1) is 0 Å². The number of benzene rings is 1. The van der Waals surface area contributed by atoms with E-state index in [2.05, 4.69) is 53.6 Å². The van der Waals surface area contributed by atoms with Crippen LogP contribution < -0.4 is 5.32 Å². The van der Waals surface area contributed by atoms with Gasteiger partial charge in [-0.3, -0.25) is 4.98 Å². The number of pyridine rings is 1. The number of nitrogens with zero attached hydrogens (tertiary/aromatic N) is 1. The van der Waals surface area contributed by atoms with E-state index < -0.39 is 0 Å². The highest BCUT2D eigenvalue weighted by Crippen LogP contribution is 2.12. The molecule has 0 saturated heterocycles. The highest BCUT2D eigenvalue weighted by Gasteiger charge is 1.95. The van der Waals surface area contributed by atoms with E-state index in [1.165, 1.54) is 36.1 Å². The van der Waals surface area contributed by atoms with Crippen LogP contribution in [0.2, 0.25) is 0 Å². The molecule has 100 valence electrons. The van der Waals surface area contributed by atoms with Gasteiger partial charge in [0.25, 0.3) is 0 Å². The molecule has 0 bridgehead atoms. The molecular formula is C17H22N2. The Kier molecular flexibility index (Phi) is 5.42. The minimum Gasteiger partial charge on any atom is -0.385 e. The molecule has 0 spiro atoms. The Balaban J connectivity index is 1.77. The number of unbranched alkanes of at least 4 members (excludes halogenated alkanes) is 1. The first-order valence-corrected chi connectivity index (χ1v) is 7.10. The van der Waals surface area contributed by atoms with Gasteiger partial charge in [-0.25, -0.2) is 0 Å². The van der Waals surface area contributed by atoms with E-state index in [9.17, 15) is 0 Å². The van der Waals surface area contributed by atoms with Crippen molar-refractivity contribution in [2.75, 3.05) is 11.9 Å². The first kappa shape index (κ1) is 13.6. The molecule has 19 heavy (non-hydrogen) atoms. The molecule has 0 aliphatic heterocycles. The maximum Gasteiger partial charge on any atom is 0.0340 e. The Morgan fingerprint density at radius 3 is 2.26 bits per heavy atom. The molecule has 0 radical (unpaired) electrons. The van der Waals surface area contributed by atoms with E-state index in [0.717, 1.165) is 13.0 Å². The average molecular weight is 254 g/mol. The molecule has 1 aromatic carbocycles. The highest BCUT2D eigenvalue weighted by molar-refractivity contribution is 5.44. The fourth-order valence-electron chi connectivity index (χ4n) is 2.07. The van der Waals surface area contributed by atoms with Crippen molar-refractivity contribution < 1.29 is 0 Å². The minimum absolute atomic E-state index is 0.957. The summed E-state index contributed by atoms with van der Waals surface area (Å²) in [7, 11) is 0. The van der Waals surface area contributed by atoms with E-state index in [4.69, 9.17) is 0 Å². The summed E-state index contributed by atoms with van der Waals surface area (Å²) in [6.45, 7) is 3.19. The van der Waals surface area contributed by atoms with E-state index in [1.54, 1.807) is 0 Å². The van der Waals surface area contributed by atoms with Crippen molar-refractivity contribution in [3.8, 4) is 0 Å². The molecule has 2 aromatic rings. The zero-order valence-electron chi connectivity index (χ0n) is 11.6. The molecule has 0 fully saturated rings. The topological polar surface area (TPSA) is 24.9 Å². The minimum atomic E-state index is 0.957. The molecule has 0 amide bonds. The molecular weight excluding hydrogens is 232 g/mol. The lowest BCUT2D eigenvalue weighted by atomic mass is 10.1. The predicted octanol–water partition coefficient (Wildman–Crippen LogP) is 4.08. The Morgan fingerprint density at radius 2 is 1.58 bits per heavy atom. The lowest BCUT2D eigenvalue weighted by molar-refractivity contribution is 0.795. The van der Waals surface area contributed by atoms with E-state index >= 15 is 0 Å². The van der Waals surface area contributed by atoms with Gasteiger partial charge in [-0.2, -0.15) is 0 Å². The van der Waals surface area contributed by atoms with Crippen LogP contribution >= 0.6 is 0 Å². The molecule has 2 heteroatoms. The van der Waals surface area contributed by atoms with Crippen LogP contribution in [0.5, 0.6) is 0 Å². The molecule has 0 saturated carbocycles. The molecule has 1 aromatic heterocycles. The number of hydrogen-bond donors (Lipinski definition) is 1. The molecule has 0 atom stereocenters. The maximum absolute atomic E-state index is 4.03. The summed E-state index contributed by atoms with van der Waals surface area (Å²) in [5.74, 6) is 0. The van der Waals surface area contributed by atoms with Crippen LogP contribution in [0.3, 0.4) is 0 Å². The molecule has 2 rings (SSSR count). The Bertz CT molecular complexity index is 462. The average Bonchev–Trinajstić information content (AvgIpc) is 2.47. The SMILES string of the molecule is CCCCc1ccc(NCCc2ccncc2)cc1. The summed E-state index contributed by atoms with van der Waals surface area (Å²) in [6.07, 6.45) is 8.43. The number of rotatable bonds is 7. The van der Waals surface area contributed by atoms with Crippen molar-refractivity contribution in [2.45, 2.75) is 32.6 Å². The van der Waals surface area contributed by atoms with Gasteiger partial charge >= 0.3 is 0 Å². The number of aryl methyl sites for hydroxylation is 1. The maximum atomic E-state index is 4.03. The normalized spacial score (nSPS) is 10.4. The van der Waals surface area contributed by atoms with Crippen LogP contribution in [0, 0.1) is 0 Å². The summed E-state index contributed by atoms with van der Waals surface area (Å²) in [6, 6.07) is 12.9. The van der Waals surface area contributed by atoms with Gasteiger partial charge in [-0.1, -0.05) is 25.5 Å². The molecule has 1 heterocycles. The van der Waals surface area contributed by atoms with Crippen molar-refractivity contribution in [3.05, 3.63) is 59.9 Å². The van der Waals surface area contributed by atoms with Crippen molar-refractivity contribution in [3.63, 3.8) is 0 Å². The lowest BCUT2D eigenvalue weighted by Gasteiger charge is -2.07.